The predicted octanol–water partition coefficient (Wildman–Crippen LogP) is 2.89. The number of hydrogen-bond acceptors (Lipinski definition) is 3. The summed E-state index contributed by atoms with van der Waals surface area (Å²) in [4.78, 5) is 13.5. The smallest absolute Gasteiger partial charge is 0.342 e. The Kier molecular flexibility index (Phi) is 6.46. The molecule has 9 heteroatoms. The van der Waals surface area contributed by atoms with Crippen LogP contribution in [0.4, 0.5) is 13.2 Å². The molecule has 0 bridgehead atoms. The van der Waals surface area contributed by atoms with Crippen LogP contribution in [0.3, 0.4) is 0 Å². The molecule has 1 aromatic rings. The van der Waals surface area contributed by atoms with E-state index in [1.54, 1.807) is 4.90 Å². The fourth-order valence-electron chi connectivity index (χ4n) is 2.77. The number of amides is 1. The molecule has 5 nitrogen and oxygen atoms in total. The maximum absolute atomic E-state index is 12.9. The summed E-state index contributed by atoms with van der Waals surface area (Å²) in [6.07, 6.45) is -0.628. The molecular weight excluding hydrogens is 369 g/mol. The van der Waals surface area contributed by atoms with Crippen LogP contribution < -0.4 is 0 Å². The minimum Gasteiger partial charge on any atom is -0.342 e. The van der Waals surface area contributed by atoms with E-state index in [-0.39, 0.29) is 12.5 Å². The number of benzene rings is 1. The lowest BCUT2D eigenvalue weighted by atomic mass is 10.1. The van der Waals surface area contributed by atoms with Crippen molar-refractivity contribution in [3.63, 3.8) is 0 Å². The molecule has 0 unspecified atom stereocenters. The first kappa shape index (κ1) is 20.4. The number of halogens is 3. The molecule has 1 aliphatic rings. The first-order valence-electron chi connectivity index (χ1n) is 8.22. The predicted molar refractivity (Wildman–Crippen MR) is 90.8 cm³/mol. The van der Waals surface area contributed by atoms with Gasteiger partial charge in [0.2, 0.25) is 15.9 Å². The zero-order chi connectivity index (χ0) is 19.4. The van der Waals surface area contributed by atoms with Gasteiger partial charge in [0.15, 0.2) is 0 Å². The van der Waals surface area contributed by atoms with Crippen molar-refractivity contribution >= 4 is 15.9 Å². The number of rotatable bonds is 6. The maximum atomic E-state index is 12.9. The summed E-state index contributed by atoms with van der Waals surface area (Å²) in [6, 6.07) is 3.51. The van der Waals surface area contributed by atoms with Crippen molar-refractivity contribution in [3.8, 4) is 0 Å². The van der Waals surface area contributed by atoms with E-state index in [1.807, 2.05) is 0 Å². The number of piperidine rings is 1. The van der Waals surface area contributed by atoms with Crippen molar-refractivity contribution < 1.29 is 26.4 Å². The topological polar surface area (TPSA) is 57.7 Å². The summed E-state index contributed by atoms with van der Waals surface area (Å²) in [5.74, 6) is -0.359. The van der Waals surface area contributed by atoms with Gasteiger partial charge in [0.1, 0.15) is 0 Å². The number of sulfonamides is 1. The summed E-state index contributed by atoms with van der Waals surface area (Å²) in [5.41, 5.74) is -1.06. The van der Waals surface area contributed by atoms with Crippen molar-refractivity contribution in [1.82, 2.24) is 9.21 Å². The van der Waals surface area contributed by atoms with Crippen LogP contribution in [0.5, 0.6) is 0 Å². The molecular formula is C17H21F3N2O3S. The summed E-state index contributed by atoms with van der Waals surface area (Å²) in [5, 5.41) is 0. The van der Waals surface area contributed by atoms with Gasteiger partial charge in [-0.15, -0.1) is 6.58 Å². The largest absolute Gasteiger partial charge is 0.416 e. The lowest BCUT2D eigenvalue weighted by molar-refractivity contribution is -0.137. The second-order valence-electron chi connectivity index (χ2n) is 6.05. The molecule has 1 heterocycles. The van der Waals surface area contributed by atoms with E-state index in [0.29, 0.717) is 19.2 Å². The highest BCUT2D eigenvalue weighted by molar-refractivity contribution is 7.89. The van der Waals surface area contributed by atoms with Gasteiger partial charge in [0.25, 0.3) is 0 Å². The van der Waals surface area contributed by atoms with Crippen molar-refractivity contribution in [1.29, 1.82) is 0 Å². The van der Waals surface area contributed by atoms with E-state index < -0.39 is 33.2 Å². The van der Waals surface area contributed by atoms with Crippen molar-refractivity contribution in [2.45, 2.75) is 30.3 Å². The van der Waals surface area contributed by atoms with Gasteiger partial charge in [-0.25, -0.2) is 8.42 Å². The molecule has 0 saturated carbocycles. The highest BCUT2D eigenvalue weighted by Gasteiger charge is 2.33. The number of carbonyl (C=O) groups excluding carboxylic acids is 1. The van der Waals surface area contributed by atoms with Crippen LogP contribution in [-0.2, 0) is 21.0 Å². The molecule has 0 aromatic heterocycles. The molecule has 0 radical (unpaired) electrons. The minimum atomic E-state index is -4.65. The molecule has 0 spiro atoms. The Morgan fingerprint density at radius 2 is 1.88 bits per heavy atom. The molecule has 1 amide bonds. The molecule has 0 atom stereocenters. The lowest BCUT2D eigenvalue weighted by Gasteiger charge is -2.29. The Bertz CT molecular complexity index is 757. The Labute approximate surface area is 151 Å². The van der Waals surface area contributed by atoms with Crippen LogP contribution in [0.2, 0.25) is 0 Å². The molecule has 0 aliphatic carbocycles. The van der Waals surface area contributed by atoms with Gasteiger partial charge in [-0.3, -0.25) is 4.79 Å². The summed E-state index contributed by atoms with van der Waals surface area (Å²) in [7, 11) is -4.27. The quantitative estimate of drug-likeness (QED) is 0.702. The van der Waals surface area contributed by atoms with Gasteiger partial charge in [0, 0.05) is 19.6 Å². The van der Waals surface area contributed by atoms with Gasteiger partial charge in [0.05, 0.1) is 17.0 Å². The molecule has 26 heavy (non-hydrogen) atoms. The zero-order valence-electron chi connectivity index (χ0n) is 14.2. The van der Waals surface area contributed by atoms with Crippen LogP contribution in [0.15, 0.2) is 41.8 Å². The minimum absolute atomic E-state index is 0.168. The molecule has 144 valence electrons. The standard InChI is InChI=1S/C17H21F3N2O3S/c1-2-9-22(13-16(23)21-10-4-3-5-11-21)26(24,25)15-8-6-7-14(12-15)17(18,19)20/h2,6-8,12H,1,3-5,9-11,13H2. The van der Waals surface area contributed by atoms with E-state index in [0.717, 1.165) is 41.8 Å². The average Bonchev–Trinajstić information content (AvgIpc) is 2.61. The van der Waals surface area contributed by atoms with Crippen LogP contribution in [0.1, 0.15) is 24.8 Å². The van der Waals surface area contributed by atoms with Crippen LogP contribution >= 0.6 is 0 Å². The van der Waals surface area contributed by atoms with Gasteiger partial charge in [-0.05, 0) is 37.5 Å². The highest BCUT2D eigenvalue weighted by atomic mass is 32.2. The normalized spacial score (nSPS) is 15.9. The first-order valence-corrected chi connectivity index (χ1v) is 9.66. The summed E-state index contributed by atoms with van der Waals surface area (Å²) >= 11 is 0. The van der Waals surface area contributed by atoms with Crippen molar-refractivity contribution in [2.24, 2.45) is 0 Å². The second kappa shape index (κ2) is 8.22. The van der Waals surface area contributed by atoms with Crippen LogP contribution in [0.25, 0.3) is 0 Å². The Balaban J connectivity index is 2.27. The monoisotopic (exact) mass is 390 g/mol. The van der Waals surface area contributed by atoms with Gasteiger partial charge < -0.3 is 4.90 Å². The zero-order valence-corrected chi connectivity index (χ0v) is 15.0. The number of carbonyl (C=O) groups is 1. The molecule has 1 saturated heterocycles. The van der Waals surface area contributed by atoms with Crippen molar-refractivity contribution in [2.75, 3.05) is 26.2 Å². The van der Waals surface area contributed by atoms with E-state index in [2.05, 4.69) is 6.58 Å². The Morgan fingerprint density at radius 3 is 2.46 bits per heavy atom. The van der Waals surface area contributed by atoms with E-state index in [4.69, 9.17) is 0 Å². The fraction of sp³-hybridized carbons (Fsp3) is 0.471. The number of alkyl halides is 3. The number of hydrogen-bond donors (Lipinski definition) is 0. The fourth-order valence-corrected chi connectivity index (χ4v) is 4.17. The second-order valence-corrected chi connectivity index (χ2v) is 7.99. The summed E-state index contributed by atoms with van der Waals surface area (Å²) < 4.78 is 65.0. The molecule has 1 aliphatic heterocycles. The molecule has 1 aromatic carbocycles. The SMILES string of the molecule is C=CCN(CC(=O)N1CCCCC1)S(=O)(=O)c1cccc(C(F)(F)F)c1. The number of likely N-dealkylation sites (tertiary alicyclic amines) is 1. The maximum Gasteiger partial charge on any atom is 0.416 e. The van der Waals surface area contributed by atoms with Crippen LogP contribution in [0, 0.1) is 0 Å². The molecule has 2 rings (SSSR count). The van der Waals surface area contributed by atoms with E-state index in [9.17, 15) is 26.4 Å². The van der Waals surface area contributed by atoms with Crippen LogP contribution in [-0.4, -0.2) is 49.7 Å². The lowest BCUT2D eigenvalue weighted by Crippen LogP contribution is -2.44. The first-order chi connectivity index (χ1) is 12.2. The average molecular weight is 390 g/mol. The third kappa shape index (κ3) is 4.85. The van der Waals surface area contributed by atoms with E-state index >= 15 is 0 Å². The Hall–Kier alpha value is -1.87. The summed E-state index contributed by atoms with van der Waals surface area (Å²) in [6.45, 7) is 4.00. The van der Waals surface area contributed by atoms with E-state index in [1.165, 1.54) is 6.08 Å². The van der Waals surface area contributed by atoms with Gasteiger partial charge in [-0.2, -0.15) is 17.5 Å². The third-order valence-electron chi connectivity index (χ3n) is 4.15. The highest BCUT2D eigenvalue weighted by Crippen LogP contribution is 2.31. The number of nitrogens with zero attached hydrogens (tertiary/aromatic N) is 2. The molecule has 0 N–H and O–H groups in total. The van der Waals surface area contributed by atoms with Gasteiger partial charge in [-0.1, -0.05) is 12.1 Å². The van der Waals surface area contributed by atoms with Gasteiger partial charge >= 0.3 is 6.18 Å². The van der Waals surface area contributed by atoms with Crippen molar-refractivity contribution in [3.05, 3.63) is 42.5 Å². The third-order valence-corrected chi connectivity index (χ3v) is 5.96. The molecule has 1 fully saturated rings. The Morgan fingerprint density at radius 1 is 1.23 bits per heavy atom.